The normalized spacial score (nSPS) is 19.7. The van der Waals surface area contributed by atoms with Crippen LogP contribution >= 0.6 is 0 Å². The third kappa shape index (κ3) is 7.95. The molecule has 0 radical (unpaired) electrons. The van der Waals surface area contributed by atoms with Crippen molar-refractivity contribution in [3.8, 4) is 5.75 Å². The standard InChI is InChI=1S/C41H44F3N9O4/c1-50(27-13-16-51(17-14-27)34-7-3-5-29-30(34)21-45-22-35(29)52-18-15-38(54)48-40(52)56)23-25-9-11-28(12-10-25)53-24-26-19-33(36(57-2)20-32(26)49-53)47-39(55)31-6-4-8-37(46-31)41(42,43)44/h3-8,19-22,24-25,27-28H,9-18,23H2,1-2H3,(H,47,55)(H,48,54,56)/t25-,28-. The summed E-state index contributed by atoms with van der Waals surface area (Å²) >= 11 is 0. The van der Waals surface area contributed by atoms with Crippen molar-refractivity contribution < 1.29 is 32.3 Å². The zero-order valence-electron chi connectivity index (χ0n) is 31.8. The van der Waals surface area contributed by atoms with Gasteiger partial charge < -0.3 is 19.9 Å². The number of fused-ring (bicyclic) bond motifs is 2. The van der Waals surface area contributed by atoms with Gasteiger partial charge in [-0.25, -0.2) is 9.78 Å². The van der Waals surface area contributed by atoms with E-state index in [4.69, 9.17) is 9.84 Å². The lowest BCUT2D eigenvalue weighted by atomic mass is 9.85. The number of hydrogen-bond acceptors (Lipinski definition) is 9. The number of ether oxygens (including phenoxy) is 1. The number of amides is 4. The summed E-state index contributed by atoms with van der Waals surface area (Å²) < 4.78 is 47.0. The lowest BCUT2D eigenvalue weighted by Gasteiger charge is -2.40. The quantitative estimate of drug-likeness (QED) is 0.161. The SMILES string of the molecule is COc1cc2nn([C@H]3CC[C@H](CN(C)C4CCN(c5cccc6c(N7CCC(=O)NC7=O)cncc56)CC4)CC3)cc2cc1NC(=O)c1cccc(C(F)(F)F)n1. The number of methoxy groups -OCH3 is 1. The minimum Gasteiger partial charge on any atom is -0.494 e. The van der Waals surface area contributed by atoms with Crippen molar-refractivity contribution >= 4 is 56.6 Å². The number of rotatable bonds is 9. The van der Waals surface area contributed by atoms with E-state index in [2.05, 4.69) is 43.5 Å². The monoisotopic (exact) mass is 783 g/mol. The summed E-state index contributed by atoms with van der Waals surface area (Å²) in [6.45, 7) is 3.18. The average Bonchev–Trinajstić information content (AvgIpc) is 3.63. The van der Waals surface area contributed by atoms with Crippen LogP contribution in [0.25, 0.3) is 21.7 Å². The number of nitrogens with one attached hydrogen (secondary N) is 2. The Morgan fingerprint density at radius 2 is 1.74 bits per heavy atom. The number of imide groups is 1. The van der Waals surface area contributed by atoms with Crippen molar-refractivity contribution in [2.24, 2.45) is 5.92 Å². The van der Waals surface area contributed by atoms with Crippen LogP contribution in [-0.4, -0.2) is 88.9 Å². The molecule has 298 valence electrons. The van der Waals surface area contributed by atoms with Crippen LogP contribution < -0.4 is 25.2 Å². The molecule has 4 amide bonds. The first-order valence-corrected chi connectivity index (χ1v) is 19.3. The molecule has 3 aromatic heterocycles. The molecule has 5 aromatic rings. The third-order valence-corrected chi connectivity index (χ3v) is 11.6. The largest absolute Gasteiger partial charge is 0.494 e. The van der Waals surface area contributed by atoms with Gasteiger partial charge in [-0.1, -0.05) is 18.2 Å². The number of piperidine rings is 1. The van der Waals surface area contributed by atoms with Crippen LogP contribution in [0, 0.1) is 5.92 Å². The van der Waals surface area contributed by atoms with Crippen molar-refractivity contribution in [3.63, 3.8) is 0 Å². The molecule has 8 rings (SSSR count). The van der Waals surface area contributed by atoms with Crippen molar-refractivity contribution in [1.82, 2.24) is 30.0 Å². The van der Waals surface area contributed by atoms with Gasteiger partial charge in [0.25, 0.3) is 5.91 Å². The molecule has 0 unspecified atom stereocenters. The van der Waals surface area contributed by atoms with E-state index in [9.17, 15) is 27.6 Å². The number of carbonyl (C=O) groups is 3. The van der Waals surface area contributed by atoms with Gasteiger partial charge >= 0.3 is 12.2 Å². The fourth-order valence-electron chi connectivity index (χ4n) is 8.58. The summed E-state index contributed by atoms with van der Waals surface area (Å²) in [4.78, 5) is 51.8. The first-order chi connectivity index (χ1) is 27.4. The lowest BCUT2D eigenvalue weighted by molar-refractivity contribution is -0.141. The van der Waals surface area contributed by atoms with Gasteiger partial charge in [-0.05, 0) is 75.8 Å². The lowest BCUT2D eigenvalue weighted by Crippen LogP contribution is -2.49. The molecule has 16 heteroatoms. The number of urea groups is 1. The van der Waals surface area contributed by atoms with Gasteiger partial charge in [-0.15, -0.1) is 0 Å². The van der Waals surface area contributed by atoms with Crippen molar-refractivity contribution in [2.45, 2.75) is 63.2 Å². The van der Waals surface area contributed by atoms with Crippen LogP contribution in [0.15, 0.2) is 67.1 Å². The summed E-state index contributed by atoms with van der Waals surface area (Å²) in [7, 11) is 3.70. The summed E-state index contributed by atoms with van der Waals surface area (Å²) in [6, 6.07) is 13.1. The first kappa shape index (κ1) is 38.1. The minimum absolute atomic E-state index is 0.225. The number of alkyl halides is 3. The summed E-state index contributed by atoms with van der Waals surface area (Å²) in [6.07, 6.45) is 7.30. The van der Waals surface area contributed by atoms with Crippen molar-refractivity contribution in [3.05, 3.63) is 78.5 Å². The van der Waals surface area contributed by atoms with Gasteiger partial charge in [0.2, 0.25) is 5.91 Å². The Morgan fingerprint density at radius 3 is 2.47 bits per heavy atom. The fraction of sp³-hybridized carbons (Fsp3) is 0.415. The zero-order chi connectivity index (χ0) is 39.8. The molecule has 2 N–H and O–H groups in total. The van der Waals surface area contributed by atoms with Crippen LogP contribution in [0.2, 0.25) is 0 Å². The maximum atomic E-state index is 13.2. The van der Waals surface area contributed by atoms with E-state index in [1.165, 1.54) is 13.2 Å². The molecule has 0 atom stereocenters. The van der Waals surface area contributed by atoms with E-state index in [1.54, 1.807) is 23.2 Å². The Morgan fingerprint density at radius 1 is 0.965 bits per heavy atom. The van der Waals surface area contributed by atoms with Crippen LogP contribution in [0.3, 0.4) is 0 Å². The topological polar surface area (TPSA) is 138 Å². The molecule has 2 aliphatic heterocycles. The highest BCUT2D eigenvalue weighted by molar-refractivity contribution is 6.11. The van der Waals surface area contributed by atoms with Gasteiger partial charge in [0.1, 0.15) is 17.1 Å². The number of carbonyl (C=O) groups excluding carboxylic acids is 3. The molecule has 13 nitrogen and oxygen atoms in total. The second-order valence-corrected chi connectivity index (χ2v) is 15.2. The van der Waals surface area contributed by atoms with E-state index in [0.29, 0.717) is 41.1 Å². The molecule has 3 aliphatic rings. The second-order valence-electron chi connectivity index (χ2n) is 15.2. The Kier molecular flexibility index (Phi) is 10.5. The fourth-order valence-corrected chi connectivity index (χ4v) is 8.58. The Hall–Kier alpha value is -5.77. The predicted molar refractivity (Wildman–Crippen MR) is 210 cm³/mol. The number of hydrogen-bond donors (Lipinski definition) is 2. The maximum absolute atomic E-state index is 13.2. The molecule has 1 aliphatic carbocycles. The van der Waals surface area contributed by atoms with Gasteiger partial charge in [0.15, 0.2) is 0 Å². The maximum Gasteiger partial charge on any atom is 0.433 e. The van der Waals surface area contributed by atoms with Gasteiger partial charge in [-0.2, -0.15) is 18.3 Å². The van der Waals surface area contributed by atoms with Gasteiger partial charge in [-0.3, -0.25) is 29.5 Å². The molecule has 3 fully saturated rings. The number of aromatic nitrogens is 4. The number of pyridine rings is 2. The molecule has 0 spiro atoms. The Balaban J connectivity index is 0.856. The van der Waals surface area contributed by atoms with E-state index >= 15 is 0 Å². The average molecular weight is 784 g/mol. The summed E-state index contributed by atoms with van der Waals surface area (Å²) in [5, 5.41) is 12.6. The third-order valence-electron chi connectivity index (χ3n) is 11.6. The summed E-state index contributed by atoms with van der Waals surface area (Å²) in [5.74, 6) is -0.120. The molecule has 57 heavy (non-hydrogen) atoms. The van der Waals surface area contributed by atoms with Crippen LogP contribution in [0.1, 0.15) is 67.2 Å². The van der Waals surface area contributed by atoms with E-state index in [1.807, 2.05) is 29.2 Å². The molecule has 5 heterocycles. The number of nitrogens with zero attached hydrogens (tertiary/aromatic N) is 7. The highest BCUT2D eigenvalue weighted by Gasteiger charge is 2.33. The highest BCUT2D eigenvalue weighted by Crippen LogP contribution is 2.38. The first-order valence-electron chi connectivity index (χ1n) is 19.3. The van der Waals surface area contributed by atoms with Crippen LogP contribution in [0.5, 0.6) is 5.75 Å². The number of halogens is 3. The molecular weight excluding hydrogens is 740 g/mol. The minimum atomic E-state index is -4.66. The Labute approximate surface area is 327 Å². The summed E-state index contributed by atoms with van der Waals surface area (Å²) in [5.41, 5.74) is 1.34. The van der Waals surface area contributed by atoms with E-state index in [0.717, 1.165) is 92.1 Å². The predicted octanol–water partition coefficient (Wildman–Crippen LogP) is 7.04. The zero-order valence-corrected chi connectivity index (χ0v) is 31.8. The van der Waals surface area contributed by atoms with Gasteiger partial charge in [0.05, 0.1) is 36.2 Å². The second kappa shape index (κ2) is 15.6. The molecule has 0 bridgehead atoms. The van der Waals surface area contributed by atoms with E-state index < -0.39 is 23.8 Å². The van der Waals surface area contributed by atoms with Crippen LogP contribution in [-0.2, 0) is 11.0 Å². The van der Waals surface area contributed by atoms with Crippen LogP contribution in [0.4, 0.5) is 35.0 Å². The molecular formula is C41H44F3N9O4. The Bertz CT molecular complexity index is 2320. The smallest absolute Gasteiger partial charge is 0.433 e. The van der Waals surface area contributed by atoms with Gasteiger partial charge in [0, 0.05) is 78.9 Å². The number of anilines is 3. The molecule has 1 saturated carbocycles. The van der Waals surface area contributed by atoms with E-state index in [-0.39, 0.29) is 24.1 Å². The molecule has 2 aromatic carbocycles. The number of benzene rings is 2. The molecule has 2 saturated heterocycles. The highest BCUT2D eigenvalue weighted by atomic mass is 19.4. The van der Waals surface area contributed by atoms with Crippen molar-refractivity contribution in [1.29, 1.82) is 0 Å². The van der Waals surface area contributed by atoms with Crippen molar-refractivity contribution in [2.75, 3.05) is 55.5 Å².